The largest absolute Gasteiger partial charge is 0.467 e. The number of nitro benzene ring substituents is 1. The molecule has 0 saturated carbocycles. The van der Waals surface area contributed by atoms with Crippen LogP contribution < -0.4 is 5.01 Å². The molecule has 2 rings (SSSR count). The van der Waals surface area contributed by atoms with Crippen LogP contribution in [-0.4, -0.2) is 46.1 Å². The van der Waals surface area contributed by atoms with Gasteiger partial charge in [0.25, 0.3) is 5.69 Å². The van der Waals surface area contributed by atoms with Crippen LogP contribution in [0.15, 0.2) is 18.2 Å². The van der Waals surface area contributed by atoms with Gasteiger partial charge < -0.3 is 9.84 Å². The van der Waals surface area contributed by atoms with Gasteiger partial charge in [-0.1, -0.05) is 0 Å². The summed E-state index contributed by atoms with van der Waals surface area (Å²) in [5, 5.41) is 27.7. The number of hydrogen-bond acceptors (Lipinski definition) is 7. The molecule has 0 aliphatic heterocycles. The highest BCUT2D eigenvalue weighted by molar-refractivity contribution is 5.89. The number of benzene rings is 1. The van der Waals surface area contributed by atoms with Crippen molar-refractivity contribution >= 4 is 22.6 Å². The van der Waals surface area contributed by atoms with Crippen molar-refractivity contribution < 1.29 is 19.6 Å². The molecule has 1 aromatic heterocycles. The van der Waals surface area contributed by atoms with Gasteiger partial charge in [0.1, 0.15) is 5.69 Å². The van der Waals surface area contributed by atoms with E-state index >= 15 is 0 Å². The van der Waals surface area contributed by atoms with Crippen molar-refractivity contribution in [1.82, 2.24) is 9.89 Å². The second-order valence-corrected chi connectivity index (χ2v) is 4.80. The lowest BCUT2D eigenvalue weighted by molar-refractivity contribution is -0.384. The number of ether oxygens (including phenoxy) is 1. The third-order valence-corrected chi connectivity index (χ3v) is 3.57. The summed E-state index contributed by atoms with van der Waals surface area (Å²) in [4.78, 5) is 23.6. The highest BCUT2D eigenvalue weighted by atomic mass is 16.6. The first-order valence-electron chi connectivity index (χ1n) is 7.12. The molecule has 124 valence electrons. The molecule has 0 amide bonds. The number of esters is 1. The van der Waals surface area contributed by atoms with E-state index in [9.17, 15) is 20.0 Å². The zero-order valence-electron chi connectivity index (χ0n) is 13.1. The number of nitrogens with zero attached hydrogens (tertiary/aromatic N) is 4. The fourth-order valence-corrected chi connectivity index (χ4v) is 2.38. The molecular formula is C14H18N4O5. The zero-order chi connectivity index (χ0) is 17.1. The van der Waals surface area contributed by atoms with Crippen LogP contribution >= 0.6 is 0 Å². The van der Waals surface area contributed by atoms with Gasteiger partial charge in [0, 0.05) is 30.6 Å². The first kappa shape index (κ1) is 16.7. The van der Waals surface area contributed by atoms with Crippen LogP contribution in [0, 0.1) is 10.1 Å². The number of carbonyl (C=O) groups is 1. The van der Waals surface area contributed by atoms with Gasteiger partial charge in [0.15, 0.2) is 6.10 Å². The van der Waals surface area contributed by atoms with Crippen molar-refractivity contribution in [3.05, 3.63) is 34.0 Å². The van der Waals surface area contributed by atoms with E-state index in [2.05, 4.69) is 9.84 Å². The zero-order valence-corrected chi connectivity index (χ0v) is 13.1. The summed E-state index contributed by atoms with van der Waals surface area (Å²) in [6.45, 7) is 4.94. The molecule has 2 aromatic rings. The molecule has 23 heavy (non-hydrogen) atoms. The second kappa shape index (κ2) is 6.61. The van der Waals surface area contributed by atoms with Crippen LogP contribution in [0.25, 0.3) is 10.9 Å². The van der Waals surface area contributed by atoms with Gasteiger partial charge in [0.2, 0.25) is 0 Å². The Bertz CT molecular complexity index is 738. The van der Waals surface area contributed by atoms with Crippen LogP contribution in [0.4, 0.5) is 5.69 Å². The summed E-state index contributed by atoms with van der Waals surface area (Å²) in [6.07, 6.45) is -1.59. The summed E-state index contributed by atoms with van der Waals surface area (Å²) in [5.41, 5.74) is 0.453. The van der Waals surface area contributed by atoms with Gasteiger partial charge in [0.05, 0.1) is 17.5 Å². The van der Waals surface area contributed by atoms with E-state index in [1.807, 2.05) is 13.8 Å². The highest BCUT2D eigenvalue weighted by Gasteiger charge is 2.28. The van der Waals surface area contributed by atoms with Gasteiger partial charge in [-0.3, -0.25) is 15.1 Å². The fraction of sp³-hybridized carbons (Fsp3) is 0.429. The number of non-ortho nitro benzene ring substituents is 1. The van der Waals surface area contributed by atoms with E-state index in [0.29, 0.717) is 24.0 Å². The Morgan fingerprint density at radius 2 is 2.13 bits per heavy atom. The molecular weight excluding hydrogens is 304 g/mol. The third kappa shape index (κ3) is 2.95. The molecule has 9 nitrogen and oxygen atoms in total. The monoisotopic (exact) mass is 322 g/mol. The van der Waals surface area contributed by atoms with Gasteiger partial charge in [-0.25, -0.2) is 4.79 Å². The van der Waals surface area contributed by atoms with E-state index in [-0.39, 0.29) is 11.4 Å². The average Bonchev–Trinajstić information content (AvgIpc) is 2.92. The minimum atomic E-state index is -1.59. The Morgan fingerprint density at radius 1 is 1.48 bits per heavy atom. The van der Waals surface area contributed by atoms with E-state index in [1.54, 1.807) is 5.01 Å². The minimum Gasteiger partial charge on any atom is -0.467 e. The van der Waals surface area contributed by atoms with Crippen LogP contribution in [0.5, 0.6) is 0 Å². The molecule has 0 radical (unpaired) electrons. The molecule has 0 fully saturated rings. The van der Waals surface area contributed by atoms with Gasteiger partial charge >= 0.3 is 5.97 Å². The van der Waals surface area contributed by atoms with E-state index in [1.165, 1.54) is 23.0 Å². The van der Waals surface area contributed by atoms with Crippen LogP contribution in [-0.2, 0) is 9.53 Å². The molecule has 1 atom stereocenters. The molecule has 1 aromatic carbocycles. The number of rotatable bonds is 6. The minimum absolute atomic E-state index is 0.144. The van der Waals surface area contributed by atoms with Crippen molar-refractivity contribution in [2.45, 2.75) is 20.0 Å². The molecule has 1 N–H and O–H groups in total. The van der Waals surface area contributed by atoms with Gasteiger partial charge in [-0.2, -0.15) is 9.89 Å². The first-order chi connectivity index (χ1) is 10.9. The van der Waals surface area contributed by atoms with E-state index < -0.39 is 17.0 Å². The summed E-state index contributed by atoms with van der Waals surface area (Å²) in [7, 11) is 1.16. The van der Waals surface area contributed by atoms with Crippen molar-refractivity contribution in [2.24, 2.45) is 0 Å². The number of hydrogen-bond donors (Lipinski definition) is 1. The van der Waals surface area contributed by atoms with Gasteiger partial charge in [-0.05, 0) is 19.9 Å². The normalized spacial score (nSPS) is 12.2. The number of methoxy groups -OCH3 is 1. The average molecular weight is 322 g/mol. The molecule has 1 unspecified atom stereocenters. The molecule has 0 aliphatic carbocycles. The number of carbonyl (C=O) groups excluding carboxylic acids is 1. The molecule has 1 heterocycles. The van der Waals surface area contributed by atoms with Crippen molar-refractivity contribution in [1.29, 1.82) is 0 Å². The van der Waals surface area contributed by atoms with E-state index in [0.717, 1.165) is 7.11 Å². The van der Waals surface area contributed by atoms with Crippen LogP contribution in [0.3, 0.4) is 0 Å². The van der Waals surface area contributed by atoms with Crippen molar-refractivity contribution in [3.8, 4) is 0 Å². The third-order valence-electron chi connectivity index (χ3n) is 3.57. The topological polar surface area (TPSA) is 111 Å². The Morgan fingerprint density at radius 3 is 2.65 bits per heavy atom. The molecule has 9 heteroatoms. The number of aromatic nitrogens is 2. The van der Waals surface area contributed by atoms with Crippen molar-refractivity contribution in [3.63, 3.8) is 0 Å². The summed E-state index contributed by atoms with van der Waals surface area (Å²) in [5.74, 6) is -0.855. The number of aliphatic hydroxyl groups excluding tert-OH is 1. The summed E-state index contributed by atoms with van der Waals surface area (Å²) in [6, 6.07) is 4.11. The maximum atomic E-state index is 11.8. The number of aliphatic hydroxyl groups is 1. The van der Waals surface area contributed by atoms with Crippen molar-refractivity contribution in [2.75, 3.05) is 25.2 Å². The molecule has 0 saturated heterocycles. The highest BCUT2D eigenvalue weighted by Crippen LogP contribution is 2.28. The Hall–Kier alpha value is -2.68. The predicted molar refractivity (Wildman–Crippen MR) is 82.7 cm³/mol. The van der Waals surface area contributed by atoms with Crippen LogP contribution in [0.2, 0.25) is 0 Å². The second-order valence-electron chi connectivity index (χ2n) is 4.80. The number of fused-ring (bicyclic) bond motifs is 1. The maximum absolute atomic E-state index is 11.8. The standard InChI is InChI=1S/C14H18N4O5/c1-4-16(5-2)17-12(13(19)14(20)23-3)10-8-9(18(21)22)6-7-11(10)15-17/h6-8,13,19H,4-5H2,1-3H3. The van der Waals surface area contributed by atoms with Crippen LogP contribution in [0.1, 0.15) is 25.6 Å². The Labute approximate surface area is 132 Å². The lowest BCUT2D eigenvalue weighted by Gasteiger charge is -2.24. The smallest absolute Gasteiger partial charge is 0.341 e. The molecule has 0 aliphatic rings. The lowest BCUT2D eigenvalue weighted by atomic mass is 10.1. The maximum Gasteiger partial charge on any atom is 0.341 e. The Balaban J connectivity index is 2.73. The lowest BCUT2D eigenvalue weighted by Crippen LogP contribution is -2.37. The number of nitro groups is 1. The predicted octanol–water partition coefficient (Wildman–Crippen LogP) is 1.13. The molecule has 0 bridgehead atoms. The summed E-state index contributed by atoms with van der Waals surface area (Å²) < 4.78 is 4.58. The quantitative estimate of drug-likeness (QED) is 0.482. The summed E-state index contributed by atoms with van der Waals surface area (Å²) >= 11 is 0. The van der Waals surface area contributed by atoms with E-state index in [4.69, 9.17) is 0 Å². The molecule has 0 spiro atoms. The Kier molecular flexibility index (Phi) is 4.80. The van der Waals surface area contributed by atoms with Gasteiger partial charge in [-0.15, -0.1) is 0 Å². The SMILES string of the molecule is CCN(CC)n1nc2ccc([N+](=O)[O-])cc2c1C(O)C(=O)OC. The fourth-order valence-electron chi connectivity index (χ4n) is 2.38. The first-order valence-corrected chi connectivity index (χ1v) is 7.12.